The van der Waals surface area contributed by atoms with E-state index in [-0.39, 0.29) is 5.76 Å². The fourth-order valence-electron chi connectivity index (χ4n) is 2.84. The second-order valence-corrected chi connectivity index (χ2v) is 6.04. The third kappa shape index (κ3) is 2.68. The predicted octanol–water partition coefficient (Wildman–Crippen LogP) is 3.79. The molecule has 0 aliphatic rings. The molecule has 25 heavy (non-hydrogen) atoms. The molecule has 0 fully saturated rings. The lowest BCUT2D eigenvalue weighted by Crippen LogP contribution is -2.29. The van der Waals surface area contributed by atoms with E-state index < -0.39 is 11.6 Å². The van der Waals surface area contributed by atoms with Crippen LogP contribution in [0.25, 0.3) is 11.0 Å². The molecule has 6 heteroatoms. The first-order valence-electron chi connectivity index (χ1n) is 7.68. The zero-order chi connectivity index (χ0) is 17.4. The van der Waals surface area contributed by atoms with Gasteiger partial charge in [-0.2, -0.15) is 0 Å². The van der Waals surface area contributed by atoms with E-state index in [4.69, 9.17) is 16.0 Å². The summed E-state index contributed by atoms with van der Waals surface area (Å²) >= 11 is 5.92. The van der Waals surface area contributed by atoms with Crippen LogP contribution in [0, 0.1) is 0 Å². The Morgan fingerprint density at radius 2 is 1.68 bits per heavy atom. The molecular formula is C19H13ClN2O3. The zero-order valence-electron chi connectivity index (χ0n) is 13.1. The lowest BCUT2D eigenvalue weighted by atomic mass is 10.2. The lowest BCUT2D eigenvalue weighted by Gasteiger charge is -2.03. The fourth-order valence-corrected chi connectivity index (χ4v) is 2.97. The first-order chi connectivity index (χ1) is 12.1. The number of carbonyl (C=O) groups excluding carboxylic acids is 1. The number of rotatable bonds is 3. The number of halogens is 1. The number of carbonyl (C=O) groups is 1. The van der Waals surface area contributed by atoms with Crippen LogP contribution in [0.2, 0.25) is 5.02 Å². The number of furan rings is 1. The van der Waals surface area contributed by atoms with Gasteiger partial charge in [0.1, 0.15) is 0 Å². The van der Waals surface area contributed by atoms with Crippen LogP contribution in [0.1, 0.15) is 16.1 Å². The topological polar surface area (TPSA) is 57.1 Å². The van der Waals surface area contributed by atoms with E-state index in [1.165, 1.54) is 6.26 Å². The van der Waals surface area contributed by atoms with Crippen molar-refractivity contribution in [2.24, 2.45) is 0 Å². The monoisotopic (exact) mass is 352 g/mol. The number of imidazole rings is 1. The molecular weight excluding hydrogens is 340 g/mol. The highest BCUT2D eigenvalue weighted by Gasteiger charge is 2.21. The molecule has 0 unspecified atom stereocenters. The van der Waals surface area contributed by atoms with Gasteiger partial charge in [-0.1, -0.05) is 35.9 Å². The fraction of sp³-hybridized carbons (Fsp3) is 0.0526. The van der Waals surface area contributed by atoms with Gasteiger partial charge in [0.15, 0.2) is 5.76 Å². The standard InChI is InChI=1S/C19H13ClN2O3/c20-14-9-7-13(8-10-14)12-21-15-4-1-2-5-16(15)22(19(21)24)18(23)17-6-3-11-25-17/h1-11H,12H2. The molecule has 2 aromatic carbocycles. The van der Waals surface area contributed by atoms with E-state index in [9.17, 15) is 9.59 Å². The van der Waals surface area contributed by atoms with Crippen LogP contribution in [0.5, 0.6) is 0 Å². The molecule has 0 aliphatic carbocycles. The number of nitrogens with zero attached hydrogens (tertiary/aromatic N) is 2. The second-order valence-electron chi connectivity index (χ2n) is 5.60. The smallest absolute Gasteiger partial charge is 0.336 e. The molecule has 0 atom stereocenters. The average molecular weight is 353 g/mol. The van der Waals surface area contributed by atoms with Gasteiger partial charge in [-0.15, -0.1) is 0 Å². The zero-order valence-corrected chi connectivity index (χ0v) is 13.8. The van der Waals surface area contributed by atoms with Gasteiger partial charge in [0.2, 0.25) is 0 Å². The molecule has 0 saturated carbocycles. The average Bonchev–Trinajstić information content (AvgIpc) is 3.24. The molecule has 0 amide bonds. The molecule has 0 saturated heterocycles. The van der Waals surface area contributed by atoms with E-state index in [1.807, 2.05) is 24.3 Å². The van der Waals surface area contributed by atoms with Crippen LogP contribution >= 0.6 is 11.6 Å². The highest BCUT2D eigenvalue weighted by Crippen LogP contribution is 2.17. The molecule has 0 spiro atoms. The summed E-state index contributed by atoms with van der Waals surface area (Å²) in [6, 6.07) is 17.6. The molecule has 4 aromatic rings. The largest absolute Gasteiger partial charge is 0.459 e. The minimum Gasteiger partial charge on any atom is -0.459 e. The Kier molecular flexibility index (Phi) is 3.78. The van der Waals surface area contributed by atoms with Gasteiger partial charge in [0.05, 0.1) is 23.8 Å². The Morgan fingerprint density at radius 1 is 0.960 bits per heavy atom. The van der Waals surface area contributed by atoms with Gasteiger partial charge < -0.3 is 4.42 Å². The van der Waals surface area contributed by atoms with Crippen molar-refractivity contribution in [3.05, 3.63) is 93.8 Å². The third-order valence-electron chi connectivity index (χ3n) is 4.02. The van der Waals surface area contributed by atoms with Crippen molar-refractivity contribution in [2.45, 2.75) is 6.54 Å². The minimum atomic E-state index is -0.485. The van der Waals surface area contributed by atoms with E-state index in [1.54, 1.807) is 41.0 Å². The van der Waals surface area contributed by atoms with E-state index in [2.05, 4.69) is 0 Å². The van der Waals surface area contributed by atoms with Gasteiger partial charge in [0, 0.05) is 5.02 Å². The van der Waals surface area contributed by atoms with Gasteiger partial charge in [-0.3, -0.25) is 9.36 Å². The third-order valence-corrected chi connectivity index (χ3v) is 4.28. The molecule has 2 aromatic heterocycles. The van der Waals surface area contributed by atoms with E-state index in [0.29, 0.717) is 22.6 Å². The normalized spacial score (nSPS) is 11.1. The quantitative estimate of drug-likeness (QED) is 0.563. The van der Waals surface area contributed by atoms with Crippen LogP contribution < -0.4 is 5.69 Å². The molecule has 0 N–H and O–H groups in total. The summed E-state index contributed by atoms with van der Waals surface area (Å²) < 4.78 is 7.87. The Hall–Kier alpha value is -3.05. The summed E-state index contributed by atoms with van der Waals surface area (Å²) in [5.41, 5.74) is 1.74. The maximum absolute atomic E-state index is 12.9. The van der Waals surface area contributed by atoms with Crippen LogP contribution in [0.3, 0.4) is 0 Å². The summed E-state index contributed by atoms with van der Waals surface area (Å²) in [5.74, 6) is -0.363. The van der Waals surface area contributed by atoms with Crippen LogP contribution in [-0.2, 0) is 6.54 Å². The maximum Gasteiger partial charge on any atom is 0.336 e. The molecule has 0 aliphatic heterocycles. The molecule has 0 bridgehead atoms. The summed E-state index contributed by atoms with van der Waals surface area (Å²) in [4.78, 5) is 25.6. The van der Waals surface area contributed by atoms with Crippen LogP contribution in [0.15, 0.2) is 76.1 Å². The van der Waals surface area contributed by atoms with Crippen molar-refractivity contribution in [3.8, 4) is 0 Å². The summed E-state index contributed by atoms with van der Waals surface area (Å²) in [5, 5.41) is 0.631. The Balaban J connectivity index is 1.88. The van der Waals surface area contributed by atoms with E-state index in [0.717, 1.165) is 10.1 Å². The van der Waals surface area contributed by atoms with Crippen molar-refractivity contribution < 1.29 is 9.21 Å². The first kappa shape index (κ1) is 15.5. The lowest BCUT2D eigenvalue weighted by molar-refractivity contribution is 0.0932. The van der Waals surface area contributed by atoms with Crippen molar-refractivity contribution in [1.29, 1.82) is 0 Å². The van der Waals surface area contributed by atoms with Crippen molar-refractivity contribution >= 4 is 28.5 Å². The molecule has 124 valence electrons. The number of aromatic nitrogens is 2. The van der Waals surface area contributed by atoms with Gasteiger partial charge in [-0.25, -0.2) is 9.36 Å². The van der Waals surface area contributed by atoms with Crippen molar-refractivity contribution in [1.82, 2.24) is 9.13 Å². The SMILES string of the molecule is O=C(c1ccco1)n1c(=O)n(Cc2ccc(Cl)cc2)c2ccccc21. The Labute approximate surface area is 147 Å². The van der Waals surface area contributed by atoms with Crippen molar-refractivity contribution in [2.75, 3.05) is 0 Å². The van der Waals surface area contributed by atoms with Crippen molar-refractivity contribution in [3.63, 3.8) is 0 Å². The highest BCUT2D eigenvalue weighted by atomic mass is 35.5. The maximum atomic E-state index is 12.9. The Morgan fingerprint density at radius 3 is 2.36 bits per heavy atom. The number of hydrogen-bond acceptors (Lipinski definition) is 3. The molecule has 4 rings (SSSR count). The Bertz CT molecular complexity index is 1110. The number of hydrogen-bond donors (Lipinski definition) is 0. The minimum absolute atomic E-state index is 0.122. The van der Waals surface area contributed by atoms with Crippen LogP contribution in [0.4, 0.5) is 0 Å². The van der Waals surface area contributed by atoms with Gasteiger partial charge in [0.25, 0.3) is 0 Å². The number of benzene rings is 2. The number of para-hydroxylation sites is 2. The molecule has 2 heterocycles. The second kappa shape index (κ2) is 6.11. The highest BCUT2D eigenvalue weighted by molar-refractivity contribution is 6.30. The number of fused-ring (bicyclic) bond motifs is 1. The van der Waals surface area contributed by atoms with Gasteiger partial charge in [-0.05, 0) is 42.0 Å². The summed E-state index contributed by atoms with van der Waals surface area (Å²) in [6.07, 6.45) is 1.41. The summed E-state index contributed by atoms with van der Waals surface area (Å²) in [6.45, 7) is 0.342. The molecule has 0 radical (unpaired) electrons. The summed E-state index contributed by atoms with van der Waals surface area (Å²) in [7, 11) is 0. The molecule has 5 nitrogen and oxygen atoms in total. The predicted molar refractivity (Wildman–Crippen MR) is 95.2 cm³/mol. The van der Waals surface area contributed by atoms with E-state index >= 15 is 0 Å². The van der Waals surface area contributed by atoms with Crippen LogP contribution in [-0.4, -0.2) is 15.0 Å². The van der Waals surface area contributed by atoms with Gasteiger partial charge >= 0.3 is 11.6 Å². The first-order valence-corrected chi connectivity index (χ1v) is 8.06.